The molecule has 2 heteroatoms. The van der Waals surface area contributed by atoms with Gasteiger partial charge in [0.15, 0.2) is 0 Å². The van der Waals surface area contributed by atoms with Crippen molar-refractivity contribution in [1.82, 2.24) is 0 Å². The van der Waals surface area contributed by atoms with Gasteiger partial charge in [0.05, 0.1) is 0 Å². The maximum atomic E-state index is 3.92. The van der Waals surface area contributed by atoms with Gasteiger partial charge in [-0.1, -0.05) is 6.92 Å². The first-order chi connectivity index (χ1) is 11.4. The number of benzene rings is 3. The second kappa shape index (κ2) is 10.6. The molecule has 0 bridgehead atoms. The molecular formula is C21H24SSn. The van der Waals surface area contributed by atoms with Crippen LogP contribution in [0, 0.1) is 0 Å². The van der Waals surface area contributed by atoms with Crippen LogP contribution in [0.2, 0.25) is 0 Å². The summed E-state index contributed by atoms with van der Waals surface area (Å²) in [6, 6.07) is 33.0. The Labute approximate surface area is 152 Å². The molecule has 0 N–H and O–H groups in total. The van der Waals surface area contributed by atoms with E-state index in [4.69, 9.17) is 0 Å². The SMILES string of the molecule is CCCS.c1cc[c]([SnH]([c]2ccccc2)[c]2ccccc2)cc1. The van der Waals surface area contributed by atoms with E-state index < -0.39 is 19.8 Å². The van der Waals surface area contributed by atoms with Crippen molar-refractivity contribution >= 4 is 43.1 Å². The van der Waals surface area contributed by atoms with E-state index in [-0.39, 0.29) is 0 Å². The molecule has 0 saturated carbocycles. The van der Waals surface area contributed by atoms with E-state index in [9.17, 15) is 0 Å². The Bertz CT molecular complexity index is 557. The summed E-state index contributed by atoms with van der Waals surface area (Å²) in [4.78, 5) is 0. The Balaban J connectivity index is 0.000000433. The number of hydrogen-bond donors (Lipinski definition) is 1. The van der Waals surface area contributed by atoms with E-state index in [1.807, 2.05) is 0 Å². The van der Waals surface area contributed by atoms with Crippen LogP contribution < -0.4 is 10.7 Å². The molecule has 0 atom stereocenters. The molecule has 0 spiro atoms. The molecule has 0 aromatic heterocycles. The Kier molecular flexibility index (Phi) is 8.33. The standard InChI is InChI=1S/3C6H5.C3H8S.Sn.H/c3*1-2-4-6-5-3-1;1-2-3-4;;/h3*1-5H;4H,2-3H2,1H3;;. The predicted molar refractivity (Wildman–Crippen MR) is 110 cm³/mol. The van der Waals surface area contributed by atoms with Crippen molar-refractivity contribution in [3.8, 4) is 0 Å². The van der Waals surface area contributed by atoms with Crippen LogP contribution >= 0.6 is 12.6 Å². The van der Waals surface area contributed by atoms with E-state index in [0.717, 1.165) is 5.75 Å². The molecule has 0 heterocycles. The number of rotatable bonds is 4. The van der Waals surface area contributed by atoms with Crippen LogP contribution in [-0.4, -0.2) is 25.5 Å². The zero-order valence-electron chi connectivity index (χ0n) is 13.6. The van der Waals surface area contributed by atoms with Crippen LogP contribution in [0.4, 0.5) is 0 Å². The predicted octanol–water partition coefficient (Wildman–Crippen LogP) is 3.26. The van der Waals surface area contributed by atoms with Gasteiger partial charge in [-0.05, 0) is 12.2 Å². The van der Waals surface area contributed by atoms with Crippen LogP contribution in [-0.2, 0) is 0 Å². The first-order valence-corrected chi connectivity index (χ1v) is 13.7. The summed E-state index contributed by atoms with van der Waals surface area (Å²) < 4.78 is 4.63. The summed E-state index contributed by atoms with van der Waals surface area (Å²) in [5.74, 6) is 1.01. The van der Waals surface area contributed by atoms with Gasteiger partial charge in [0.25, 0.3) is 0 Å². The molecule has 3 aromatic carbocycles. The van der Waals surface area contributed by atoms with E-state index in [0.29, 0.717) is 0 Å². The Hall–Kier alpha value is -1.19. The minimum absolute atomic E-state index is 1.01. The molecule has 0 aliphatic rings. The van der Waals surface area contributed by atoms with Crippen LogP contribution in [0.3, 0.4) is 0 Å². The van der Waals surface area contributed by atoms with Gasteiger partial charge >= 0.3 is 121 Å². The molecule has 0 fully saturated rings. The molecule has 3 rings (SSSR count). The summed E-state index contributed by atoms with van der Waals surface area (Å²) in [6.07, 6.45) is 1.18. The maximum absolute atomic E-state index is 3.92. The van der Waals surface area contributed by atoms with Gasteiger partial charge in [0.1, 0.15) is 0 Å². The van der Waals surface area contributed by atoms with Crippen LogP contribution in [0.5, 0.6) is 0 Å². The molecule has 0 saturated heterocycles. The zero-order chi connectivity index (χ0) is 16.3. The molecule has 0 nitrogen and oxygen atoms in total. The van der Waals surface area contributed by atoms with Crippen molar-refractivity contribution in [2.75, 3.05) is 5.75 Å². The molecule has 0 aliphatic carbocycles. The van der Waals surface area contributed by atoms with Gasteiger partial charge in [0.2, 0.25) is 0 Å². The molecule has 0 unspecified atom stereocenters. The molecule has 118 valence electrons. The van der Waals surface area contributed by atoms with Crippen LogP contribution in [0.1, 0.15) is 13.3 Å². The minimum atomic E-state index is -2.14. The van der Waals surface area contributed by atoms with E-state index in [1.165, 1.54) is 6.42 Å². The monoisotopic (exact) mass is 428 g/mol. The molecule has 0 aliphatic heterocycles. The molecule has 23 heavy (non-hydrogen) atoms. The first-order valence-electron chi connectivity index (χ1n) is 8.12. The van der Waals surface area contributed by atoms with Gasteiger partial charge in [-0.25, -0.2) is 0 Å². The van der Waals surface area contributed by atoms with Crippen molar-refractivity contribution in [2.24, 2.45) is 0 Å². The van der Waals surface area contributed by atoms with Crippen molar-refractivity contribution in [1.29, 1.82) is 0 Å². The second-order valence-electron chi connectivity index (χ2n) is 5.39. The summed E-state index contributed by atoms with van der Waals surface area (Å²) in [5, 5.41) is 0. The quantitative estimate of drug-likeness (QED) is 0.480. The van der Waals surface area contributed by atoms with E-state index >= 15 is 0 Å². The topological polar surface area (TPSA) is 0 Å². The Morgan fingerprint density at radius 3 is 1.09 bits per heavy atom. The average Bonchev–Trinajstić information content (AvgIpc) is 2.65. The third-order valence-electron chi connectivity index (χ3n) is 3.62. The van der Waals surface area contributed by atoms with E-state index in [1.54, 1.807) is 10.7 Å². The molecule has 3 aromatic rings. The van der Waals surface area contributed by atoms with Gasteiger partial charge in [-0.3, -0.25) is 0 Å². The number of hydrogen-bond acceptors (Lipinski definition) is 1. The summed E-state index contributed by atoms with van der Waals surface area (Å²) >= 11 is 1.78. The summed E-state index contributed by atoms with van der Waals surface area (Å²) in [7, 11) is 0. The Morgan fingerprint density at radius 1 is 0.609 bits per heavy atom. The van der Waals surface area contributed by atoms with Crippen molar-refractivity contribution < 1.29 is 0 Å². The third kappa shape index (κ3) is 5.74. The molecule has 0 radical (unpaired) electrons. The zero-order valence-corrected chi connectivity index (χ0v) is 17.8. The third-order valence-corrected chi connectivity index (χ3v) is 13.1. The van der Waals surface area contributed by atoms with E-state index in [2.05, 4.69) is 111 Å². The average molecular weight is 427 g/mol. The van der Waals surface area contributed by atoms with Gasteiger partial charge in [0, 0.05) is 0 Å². The molecular weight excluding hydrogens is 403 g/mol. The van der Waals surface area contributed by atoms with Gasteiger partial charge < -0.3 is 0 Å². The fourth-order valence-electron chi connectivity index (χ4n) is 2.51. The van der Waals surface area contributed by atoms with Gasteiger partial charge in [-0.2, -0.15) is 12.6 Å². The second-order valence-corrected chi connectivity index (χ2v) is 14.0. The normalized spacial score (nSPS) is 10.0. The fraction of sp³-hybridized carbons (Fsp3) is 0.143. The fourth-order valence-corrected chi connectivity index (χ4v) is 11.0. The molecule has 0 amide bonds. The van der Waals surface area contributed by atoms with Crippen molar-refractivity contribution in [3.05, 3.63) is 91.0 Å². The van der Waals surface area contributed by atoms with Crippen molar-refractivity contribution in [3.63, 3.8) is 0 Å². The van der Waals surface area contributed by atoms with Crippen LogP contribution in [0.25, 0.3) is 0 Å². The first kappa shape index (κ1) is 18.2. The summed E-state index contributed by atoms with van der Waals surface area (Å²) in [5.41, 5.74) is 0. The van der Waals surface area contributed by atoms with Gasteiger partial charge in [-0.15, -0.1) is 0 Å². The van der Waals surface area contributed by atoms with Crippen LogP contribution in [0.15, 0.2) is 91.0 Å². The summed E-state index contributed by atoms with van der Waals surface area (Å²) in [6.45, 7) is 2.10. The van der Waals surface area contributed by atoms with Crippen molar-refractivity contribution in [2.45, 2.75) is 13.3 Å². The Morgan fingerprint density at radius 2 is 0.870 bits per heavy atom. The number of thiol groups is 1.